The molecule has 0 N–H and O–H groups in total. The zero-order valence-electron chi connectivity index (χ0n) is 33.0. The van der Waals surface area contributed by atoms with Crippen LogP contribution in [0.25, 0.3) is 112 Å². The van der Waals surface area contributed by atoms with Crippen LogP contribution in [0.5, 0.6) is 0 Å². The molecule has 0 amide bonds. The van der Waals surface area contributed by atoms with Gasteiger partial charge in [-0.2, -0.15) is 0 Å². The van der Waals surface area contributed by atoms with Crippen molar-refractivity contribution in [2.45, 2.75) is 0 Å². The number of fused-ring (bicyclic) bond motifs is 3. The largest absolute Gasteiger partial charge is 0.456 e. The molecule has 3 heterocycles. The number of furan rings is 1. The lowest BCUT2D eigenvalue weighted by atomic mass is 9.89. The van der Waals surface area contributed by atoms with Gasteiger partial charge in [-0.25, -0.2) is 19.9 Å². The summed E-state index contributed by atoms with van der Waals surface area (Å²) in [5.74, 6) is 1.36. The highest BCUT2D eigenvalue weighted by Crippen LogP contribution is 2.44. The van der Waals surface area contributed by atoms with E-state index in [2.05, 4.69) is 133 Å². The molecule has 0 aliphatic carbocycles. The van der Waals surface area contributed by atoms with Gasteiger partial charge in [0.2, 0.25) is 0 Å². The van der Waals surface area contributed by atoms with Crippen molar-refractivity contribution in [3.63, 3.8) is 0 Å². The minimum Gasteiger partial charge on any atom is -0.456 e. The van der Waals surface area contributed by atoms with Gasteiger partial charge in [-0.1, -0.05) is 182 Å². The standard InChI is InChI=1S/C56H36N4O/c1-5-17-37(18-6-1)47-35-49(59-55(57-47)39-21-9-3-10-22-39)42-26-15-25-41(33-42)45-31-32-52-54(46-29-13-14-30-51(46)61-52)53(45)44-28-16-27-43(34-44)50-36-48(38-19-7-2-8-20-38)58-56(60-50)40-23-11-4-12-24-40/h1-36H. The van der Waals surface area contributed by atoms with E-state index in [0.29, 0.717) is 11.6 Å². The summed E-state index contributed by atoms with van der Waals surface area (Å²) >= 11 is 0. The first-order valence-corrected chi connectivity index (χ1v) is 20.4. The van der Waals surface area contributed by atoms with Crippen molar-refractivity contribution in [2.24, 2.45) is 0 Å². The van der Waals surface area contributed by atoms with E-state index in [4.69, 9.17) is 24.4 Å². The zero-order chi connectivity index (χ0) is 40.5. The predicted octanol–water partition coefficient (Wildman–Crippen LogP) is 14.5. The molecule has 11 rings (SSSR count). The lowest BCUT2D eigenvalue weighted by Crippen LogP contribution is -1.96. The van der Waals surface area contributed by atoms with Crippen LogP contribution in [-0.4, -0.2) is 19.9 Å². The number of hydrogen-bond acceptors (Lipinski definition) is 5. The van der Waals surface area contributed by atoms with Crippen LogP contribution >= 0.6 is 0 Å². The summed E-state index contributed by atoms with van der Waals surface area (Å²) in [5, 5.41) is 2.12. The molecule has 61 heavy (non-hydrogen) atoms. The van der Waals surface area contributed by atoms with Crippen LogP contribution in [0.1, 0.15) is 0 Å². The molecule has 0 saturated heterocycles. The first kappa shape index (κ1) is 35.8. The highest BCUT2D eigenvalue weighted by molar-refractivity contribution is 6.16. The maximum absolute atomic E-state index is 6.52. The molecule has 0 unspecified atom stereocenters. The molecule has 0 fully saturated rings. The van der Waals surface area contributed by atoms with Gasteiger partial charge in [-0.3, -0.25) is 0 Å². The number of nitrogens with zero attached hydrogens (tertiary/aromatic N) is 4. The monoisotopic (exact) mass is 780 g/mol. The molecule has 5 nitrogen and oxygen atoms in total. The van der Waals surface area contributed by atoms with Gasteiger partial charge in [0.05, 0.1) is 22.8 Å². The van der Waals surface area contributed by atoms with Crippen LogP contribution in [0.4, 0.5) is 0 Å². The third kappa shape index (κ3) is 6.94. The second kappa shape index (κ2) is 15.5. The van der Waals surface area contributed by atoms with Crippen molar-refractivity contribution in [1.82, 2.24) is 19.9 Å². The Hall–Kier alpha value is -8.28. The quantitative estimate of drug-likeness (QED) is 0.154. The van der Waals surface area contributed by atoms with Crippen LogP contribution in [-0.2, 0) is 0 Å². The van der Waals surface area contributed by atoms with Crippen LogP contribution in [0.3, 0.4) is 0 Å². The van der Waals surface area contributed by atoms with E-state index in [9.17, 15) is 0 Å². The van der Waals surface area contributed by atoms with Crippen LogP contribution in [0, 0.1) is 0 Å². The predicted molar refractivity (Wildman–Crippen MR) is 248 cm³/mol. The van der Waals surface area contributed by atoms with Crippen molar-refractivity contribution < 1.29 is 4.42 Å². The zero-order valence-corrected chi connectivity index (χ0v) is 33.0. The van der Waals surface area contributed by atoms with E-state index in [1.807, 2.05) is 84.9 Å². The van der Waals surface area contributed by atoms with Crippen molar-refractivity contribution in [3.8, 4) is 90.1 Å². The van der Waals surface area contributed by atoms with E-state index in [-0.39, 0.29) is 0 Å². The average Bonchev–Trinajstić information content (AvgIpc) is 3.73. The highest BCUT2D eigenvalue weighted by Gasteiger charge is 2.20. The summed E-state index contributed by atoms with van der Waals surface area (Å²) in [7, 11) is 0. The molecular weight excluding hydrogens is 745 g/mol. The summed E-state index contributed by atoms with van der Waals surface area (Å²) in [6, 6.07) is 75.0. The highest BCUT2D eigenvalue weighted by atomic mass is 16.3. The number of hydrogen-bond donors (Lipinski definition) is 0. The fourth-order valence-electron chi connectivity index (χ4n) is 8.17. The molecule has 3 aromatic heterocycles. The number of benzene rings is 8. The maximum Gasteiger partial charge on any atom is 0.160 e. The van der Waals surface area contributed by atoms with E-state index in [1.54, 1.807) is 0 Å². The molecular formula is C56H36N4O. The Bertz CT molecular complexity index is 3230. The summed E-state index contributed by atoms with van der Waals surface area (Å²) in [6.45, 7) is 0. The SMILES string of the molecule is c1ccc(-c2cc(-c3cccc(-c4ccc5oc6ccccc6c5c4-c4cccc(-c5cc(-c6ccccc6)nc(-c6ccccc6)n5)c4)c3)nc(-c3ccccc3)n2)cc1. The first-order chi connectivity index (χ1) is 30.2. The third-order valence-electron chi connectivity index (χ3n) is 11.1. The molecule has 5 heteroatoms. The van der Waals surface area contributed by atoms with Crippen molar-refractivity contribution in [2.75, 3.05) is 0 Å². The first-order valence-electron chi connectivity index (χ1n) is 20.4. The topological polar surface area (TPSA) is 64.7 Å². The summed E-state index contributed by atoms with van der Waals surface area (Å²) in [5.41, 5.74) is 15.4. The van der Waals surface area contributed by atoms with Gasteiger partial charge >= 0.3 is 0 Å². The normalized spacial score (nSPS) is 11.3. The molecule has 0 aliphatic rings. The molecule has 8 aromatic carbocycles. The lowest BCUT2D eigenvalue weighted by Gasteiger charge is -2.15. The van der Waals surface area contributed by atoms with Gasteiger partial charge in [0.25, 0.3) is 0 Å². The molecule has 0 aliphatic heterocycles. The number of para-hydroxylation sites is 1. The van der Waals surface area contributed by atoms with Crippen molar-refractivity contribution in [1.29, 1.82) is 0 Å². The molecule has 0 radical (unpaired) electrons. The van der Waals surface area contributed by atoms with E-state index < -0.39 is 0 Å². The second-order valence-electron chi connectivity index (χ2n) is 15.0. The number of aromatic nitrogens is 4. The van der Waals surface area contributed by atoms with Gasteiger partial charge in [0.1, 0.15) is 11.2 Å². The Balaban J connectivity index is 1.10. The maximum atomic E-state index is 6.52. The van der Waals surface area contributed by atoms with Crippen LogP contribution in [0.15, 0.2) is 223 Å². The molecule has 0 atom stereocenters. The fourth-order valence-corrected chi connectivity index (χ4v) is 8.17. The minimum absolute atomic E-state index is 0.679. The van der Waals surface area contributed by atoms with Crippen molar-refractivity contribution in [3.05, 3.63) is 218 Å². The Morgan fingerprint density at radius 3 is 1.23 bits per heavy atom. The lowest BCUT2D eigenvalue weighted by molar-refractivity contribution is 0.669. The summed E-state index contributed by atoms with van der Waals surface area (Å²) in [4.78, 5) is 20.4. The Labute approximate surface area is 353 Å². The van der Waals surface area contributed by atoms with Crippen LogP contribution < -0.4 is 0 Å². The fraction of sp³-hybridized carbons (Fsp3) is 0. The third-order valence-corrected chi connectivity index (χ3v) is 11.1. The van der Waals surface area contributed by atoms with Crippen LogP contribution in [0.2, 0.25) is 0 Å². The number of rotatable bonds is 8. The smallest absolute Gasteiger partial charge is 0.160 e. The van der Waals surface area contributed by atoms with Crippen molar-refractivity contribution >= 4 is 21.9 Å². The molecule has 0 saturated carbocycles. The van der Waals surface area contributed by atoms with Gasteiger partial charge in [-0.05, 0) is 53.1 Å². The van der Waals surface area contributed by atoms with Gasteiger partial charge in [-0.15, -0.1) is 0 Å². The molecule has 286 valence electrons. The Morgan fingerprint density at radius 2 is 0.689 bits per heavy atom. The van der Waals surface area contributed by atoms with Gasteiger partial charge in [0.15, 0.2) is 11.6 Å². The Morgan fingerprint density at radius 1 is 0.279 bits per heavy atom. The Kier molecular flexibility index (Phi) is 9.10. The molecule has 0 spiro atoms. The molecule has 11 aromatic rings. The van der Waals surface area contributed by atoms with Gasteiger partial charge < -0.3 is 4.42 Å². The molecule has 0 bridgehead atoms. The van der Waals surface area contributed by atoms with E-state index in [1.165, 1.54) is 0 Å². The van der Waals surface area contributed by atoms with Gasteiger partial charge in [0, 0.05) is 49.7 Å². The van der Waals surface area contributed by atoms with E-state index in [0.717, 1.165) is 100 Å². The van der Waals surface area contributed by atoms with E-state index >= 15 is 0 Å². The second-order valence-corrected chi connectivity index (χ2v) is 15.0. The minimum atomic E-state index is 0.679. The summed E-state index contributed by atoms with van der Waals surface area (Å²) < 4.78 is 6.52. The summed E-state index contributed by atoms with van der Waals surface area (Å²) in [6.07, 6.45) is 0. The average molecular weight is 781 g/mol.